The Morgan fingerprint density at radius 3 is 2.62 bits per heavy atom. The molecule has 1 unspecified atom stereocenters. The predicted molar refractivity (Wildman–Crippen MR) is 122 cm³/mol. The Hall–Kier alpha value is -3.09. The van der Waals surface area contributed by atoms with E-state index in [1.807, 2.05) is 29.2 Å². The zero-order valence-corrected chi connectivity index (χ0v) is 18.8. The van der Waals surface area contributed by atoms with Gasteiger partial charge < -0.3 is 19.5 Å². The number of rotatable bonds is 7. The van der Waals surface area contributed by atoms with Gasteiger partial charge in [0.2, 0.25) is 5.43 Å². The van der Waals surface area contributed by atoms with Crippen LogP contribution in [0, 0.1) is 0 Å². The Balaban J connectivity index is 1.71. The average Bonchev–Trinajstić information content (AvgIpc) is 3.63. The van der Waals surface area contributed by atoms with Gasteiger partial charge in [0.05, 0.1) is 7.11 Å². The van der Waals surface area contributed by atoms with E-state index in [4.69, 9.17) is 4.74 Å². The first-order chi connectivity index (χ1) is 15.5. The Labute approximate surface area is 188 Å². The van der Waals surface area contributed by atoms with E-state index in [1.165, 1.54) is 0 Å². The molecule has 2 fully saturated rings. The lowest BCUT2D eigenvalue weighted by atomic mass is 9.98. The summed E-state index contributed by atoms with van der Waals surface area (Å²) in [5.74, 6) is 0.0462. The minimum absolute atomic E-state index is 0.0238. The maximum Gasteiger partial charge on any atom is 0.259 e. The first-order valence-corrected chi connectivity index (χ1v) is 11.5. The van der Waals surface area contributed by atoms with Crippen molar-refractivity contribution >= 4 is 11.8 Å². The third kappa shape index (κ3) is 4.87. The summed E-state index contributed by atoms with van der Waals surface area (Å²) in [6, 6.07) is 7.86. The molecule has 4 rings (SSSR count). The number of ether oxygens (including phenoxy) is 1. The van der Waals surface area contributed by atoms with Gasteiger partial charge in [0.15, 0.2) is 0 Å². The minimum Gasteiger partial charge on any atom is -0.497 e. The monoisotopic (exact) mass is 437 g/mol. The van der Waals surface area contributed by atoms with Gasteiger partial charge in [-0.15, -0.1) is 0 Å². The number of pyridine rings is 1. The van der Waals surface area contributed by atoms with Crippen molar-refractivity contribution in [1.29, 1.82) is 0 Å². The van der Waals surface area contributed by atoms with Gasteiger partial charge >= 0.3 is 0 Å². The summed E-state index contributed by atoms with van der Waals surface area (Å²) in [4.78, 5) is 41.4. The summed E-state index contributed by atoms with van der Waals surface area (Å²) in [5, 5.41) is 2.89. The highest BCUT2D eigenvalue weighted by Crippen LogP contribution is 2.22. The van der Waals surface area contributed by atoms with Gasteiger partial charge in [0.25, 0.3) is 11.8 Å². The number of hydrogen-bond donors (Lipinski definition) is 1. The number of methoxy groups -OCH3 is 1. The maximum absolute atomic E-state index is 13.5. The summed E-state index contributed by atoms with van der Waals surface area (Å²) < 4.78 is 7.07. The van der Waals surface area contributed by atoms with E-state index in [2.05, 4.69) is 12.2 Å². The molecule has 1 atom stereocenters. The molecule has 1 N–H and O–H groups in total. The van der Waals surface area contributed by atoms with Gasteiger partial charge in [-0.1, -0.05) is 19.1 Å². The fourth-order valence-electron chi connectivity index (χ4n) is 4.36. The largest absolute Gasteiger partial charge is 0.497 e. The number of hydrogen-bond acceptors (Lipinski definition) is 4. The van der Waals surface area contributed by atoms with Crippen LogP contribution in [0.5, 0.6) is 5.75 Å². The Morgan fingerprint density at radius 2 is 1.91 bits per heavy atom. The SMILES string of the molecule is CCC1CCCCN1C(=O)c1cn(Cc2cccc(OC)c2)cc(C(=O)NC2CC2)c1=O. The fourth-order valence-corrected chi connectivity index (χ4v) is 4.36. The molecular formula is C25H31N3O4. The quantitative estimate of drug-likeness (QED) is 0.721. The second kappa shape index (κ2) is 9.59. The van der Waals surface area contributed by atoms with Crippen molar-refractivity contribution in [3.05, 3.63) is 63.6 Å². The van der Waals surface area contributed by atoms with Crippen LogP contribution >= 0.6 is 0 Å². The van der Waals surface area contributed by atoms with E-state index >= 15 is 0 Å². The molecular weight excluding hydrogens is 406 g/mol. The molecule has 2 heterocycles. The van der Waals surface area contributed by atoms with Crippen molar-refractivity contribution in [1.82, 2.24) is 14.8 Å². The molecule has 32 heavy (non-hydrogen) atoms. The molecule has 1 aromatic heterocycles. The normalized spacial score (nSPS) is 18.3. The third-order valence-electron chi connectivity index (χ3n) is 6.33. The van der Waals surface area contributed by atoms with E-state index in [0.717, 1.165) is 49.8 Å². The molecule has 170 valence electrons. The Bertz CT molecular complexity index is 1060. The molecule has 1 aliphatic carbocycles. The number of carbonyl (C=O) groups is 2. The van der Waals surface area contributed by atoms with Gasteiger partial charge in [-0.3, -0.25) is 14.4 Å². The summed E-state index contributed by atoms with van der Waals surface area (Å²) in [6.07, 6.45) is 8.83. The number of carbonyl (C=O) groups excluding carboxylic acids is 2. The fraction of sp³-hybridized carbons (Fsp3) is 0.480. The number of benzene rings is 1. The highest BCUT2D eigenvalue weighted by Gasteiger charge is 2.30. The molecule has 1 saturated carbocycles. The smallest absolute Gasteiger partial charge is 0.259 e. The van der Waals surface area contributed by atoms with Gasteiger partial charge in [0.1, 0.15) is 16.9 Å². The first kappa shape index (κ1) is 22.1. The second-order valence-electron chi connectivity index (χ2n) is 8.74. The number of piperidine rings is 1. The van der Waals surface area contributed by atoms with Crippen LogP contribution in [-0.4, -0.2) is 47.0 Å². The van der Waals surface area contributed by atoms with E-state index in [-0.39, 0.29) is 29.1 Å². The van der Waals surface area contributed by atoms with Gasteiger partial charge in [-0.05, 0) is 56.2 Å². The maximum atomic E-state index is 13.5. The van der Waals surface area contributed by atoms with Crippen molar-refractivity contribution < 1.29 is 14.3 Å². The van der Waals surface area contributed by atoms with Crippen LogP contribution < -0.4 is 15.5 Å². The Morgan fingerprint density at radius 1 is 1.12 bits per heavy atom. The van der Waals surface area contributed by atoms with E-state index < -0.39 is 11.3 Å². The minimum atomic E-state index is -0.490. The van der Waals surface area contributed by atoms with Crippen LogP contribution in [0.15, 0.2) is 41.5 Å². The summed E-state index contributed by atoms with van der Waals surface area (Å²) in [5.41, 5.74) is 0.548. The lowest BCUT2D eigenvalue weighted by Crippen LogP contribution is -2.45. The lowest BCUT2D eigenvalue weighted by molar-refractivity contribution is 0.0605. The molecule has 1 aliphatic heterocycles. The second-order valence-corrected chi connectivity index (χ2v) is 8.74. The predicted octanol–water partition coefficient (Wildman–Crippen LogP) is 3.20. The molecule has 2 aromatic rings. The molecule has 2 aliphatic rings. The highest BCUT2D eigenvalue weighted by atomic mass is 16.5. The van der Waals surface area contributed by atoms with Gasteiger partial charge in [-0.25, -0.2) is 0 Å². The molecule has 7 heteroatoms. The molecule has 1 aromatic carbocycles. The van der Waals surface area contributed by atoms with Crippen LogP contribution in [-0.2, 0) is 6.54 Å². The van der Waals surface area contributed by atoms with Crippen LogP contribution in [0.4, 0.5) is 0 Å². The van der Waals surface area contributed by atoms with E-state index in [1.54, 1.807) is 24.1 Å². The zero-order chi connectivity index (χ0) is 22.7. The molecule has 1 saturated heterocycles. The number of likely N-dealkylation sites (tertiary alicyclic amines) is 1. The number of nitrogens with zero attached hydrogens (tertiary/aromatic N) is 2. The topological polar surface area (TPSA) is 80.6 Å². The number of amides is 2. The average molecular weight is 438 g/mol. The molecule has 0 spiro atoms. The van der Waals surface area contributed by atoms with Crippen LogP contribution in [0.1, 0.15) is 71.7 Å². The third-order valence-corrected chi connectivity index (χ3v) is 6.33. The lowest BCUT2D eigenvalue weighted by Gasteiger charge is -2.35. The first-order valence-electron chi connectivity index (χ1n) is 11.5. The molecule has 0 radical (unpaired) electrons. The van der Waals surface area contributed by atoms with Crippen LogP contribution in [0.3, 0.4) is 0 Å². The van der Waals surface area contributed by atoms with Crippen LogP contribution in [0.25, 0.3) is 0 Å². The number of nitrogens with one attached hydrogen (secondary N) is 1. The summed E-state index contributed by atoms with van der Waals surface area (Å²) in [7, 11) is 1.61. The van der Waals surface area contributed by atoms with E-state index in [0.29, 0.717) is 13.1 Å². The summed E-state index contributed by atoms with van der Waals surface area (Å²) in [6.45, 7) is 3.13. The standard InChI is InChI=1S/C25H31N3O4/c1-3-19-8-4-5-12-28(19)25(31)22-16-27(14-17-7-6-9-20(13-17)32-2)15-21(23(22)29)24(30)26-18-10-11-18/h6-7,9,13,15-16,18-19H,3-5,8,10-12,14H2,1-2H3,(H,26,30). The number of aromatic nitrogens is 1. The van der Waals surface area contributed by atoms with Gasteiger partial charge in [-0.2, -0.15) is 0 Å². The van der Waals surface area contributed by atoms with Crippen molar-refractivity contribution in [2.75, 3.05) is 13.7 Å². The van der Waals surface area contributed by atoms with Gasteiger partial charge in [0, 0.05) is 37.6 Å². The summed E-state index contributed by atoms with van der Waals surface area (Å²) >= 11 is 0. The van der Waals surface area contributed by atoms with Crippen molar-refractivity contribution in [2.45, 2.75) is 64.1 Å². The van der Waals surface area contributed by atoms with E-state index in [9.17, 15) is 14.4 Å². The molecule has 2 amide bonds. The Kier molecular flexibility index (Phi) is 6.63. The zero-order valence-electron chi connectivity index (χ0n) is 18.8. The molecule has 0 bridgehead atoms. The van der Waals surface area contributed by atoms with Crippen molar-refractivity contribution in [2.24, 2.45) is 0 Å². The van der Waals surface area contributed by atoms with Crippen LogP contribution in [0.2, 0.25) is 0 Å². The molecule has 7 nitrogen and oxygen atoms in total. The van der Waals surface area contributed by atoms with Crippen molar-refractivity contribution in [3.63, 3.8) is 0 Å². The van der Waals surface area contributed by atoms with Crippen molar-refractivity contribution in [3.8, 4) is 5.75 Å². The highest BCUT2D eigenvalue weighted by molar-refractivity contribution is 5.99.